The Bertz CT molecular complexity index is 307. The number of rotatable bonds is 6. The Balaban J connectivity index is 2.58. The van der Waals surface area contributed by atoms with E-state index in [1.165, 1.54) is 6.07 Å². The van der Waals surface area contributed by atoms with Crippen LogP contribution in [0.4, 0.5) is 4.39 Å². The predicted molar refractivity (Wildman–Crippen MR) is 67.5 cm³/mol. The van der Waals surface area contributed by atoms with E-state index >= 15 is 0 Å². The van der Waals surface area contributed by atoms with E-state index in [0.29, 0.717) is 17.7 Å². The topological polar surface area (TPSA) is 9.23 Å². The van der Waals surface area contributed by atoms with Gasteiger partial charge in [-0.3, -0.25) is 0 Å². The van der Waals surface area contributed by atoms with Crippen LogP contribution in [0.15, 0.2) is 18.2 Å². The highest BCUT2D eigenvalue weighted by atomic mass is 79.9. The molecule has 15 heavy (non-hydrogen) atoms. The van der Waals surface area contributed by atoms with Crippen LogP contribution in [0.2, 0.25) is 0 Å². The highest BCUT2D eigenvalue weighted by molar-refractivity contribution is 9.08. The lowest BCUT2D eigenvalue weighted by Gasteiger charge is -2.10. The molecule has 1 rings (SSSR count). The van der Waals surface area contributed by atoms with Crippen LogP contribution in [0.1, 0.15) is 12.5 Å². The quantitative estimate of drug-likeness (QED) is 0.582. The first-order valence-corrected chi connectivity index (χ1v) is 7.11. The van der Waals surface area contributed by atoms with Crippen molar-refractivity contribution in [3.63, 3.8) is 0 Å². The Hall–Kier alpha value is -0.220. The van der Waals surface area contributed by atoms with Crippen LogP contribution in [0.25, 0.3) is 0 Å². The Kier molecular flexibility index (Phi) is 6.10. The van der Waals surface area contributed by atoms with Crippen molar-refractivity contribution in [2.45, 2.75) is 12.3 Å². The molecule has 0 aliphatic heterocycles. The summed E-state index contributed by atoms with van der Waals surface area (Å²) in [5.74, 6) is 2.05. The molecular formula is C11H14BrFOS. The van der Waals surface area contributed by atoms with Crippen molar-refractivity contribution >= 4 is 27.7 Å². The molecule has 0 heterocycles. The number of hydrogen-bond acceptors (Lipinski definition) is 2. The normalized spacial score (nSPS) is 10.3. The number of alkyl halides is 1. The summed E-state index contributed by atoms with van der Waals surface area (Å²) in [6.45, 7) is 2.65. The smallest absolute Gasteiger partial charge is 0.165 e. The van der Waals surface area contributed by atoms with Gasteiger partial charge in [0.1, 0.15) is 0 Å². The second-order valence-corrected chi connectivity index (χ2v) is 4.86. The van der Waals surface area contributed by atoms with Crippen LogP contribution in [0.5, 0.6) is 5.75 Å². The van der Waals surface area contributed by atoms with Crippen LogP contribution in [-0.2, 0) is 5.33 Å². The van der Waals surface area contributed by atoms with Crippen LogP contribution < -0.4 is 4.74 Å². The van der Waals surface area contributed by atoms with Crippen molar-refractivity contribution in [1.82, 2.24) is 0 Å². The number of para-hydroxylation sites is 1. The fourth-order valence-electron chi connectivity index (χ4n) is 1.17. The molecule has 0 saturated carbocycles. The Morgan fingerprint density at radius 1 is 1.47 bits per heavy atom. The third kappa shape index (κ3) is 4.03. The van der Waals surface area contributed by atoms with Crippen LogP contribution >= 0.6 is 27.7 Å². The van der Waals surface area contributed by atoms with Gasteiger partial charge >= 0.3 is 0 Å². The van der Waals surface area contributed by atoms with Gasteiger partial charge in [-0.1, -0.05) is 35.0 Å². The molecule has 0 aliphatic rings. The highest BCUT2D eigenvalue weighted by Crippen LogP contribution is 2.24. The molecule has 0 amide bonds. The fraction of sp³-hybridized carbons (Fsp3) is 0.455. The van der Waals surface area contributed by atoms with Crippen molar-refractivity contribution in [3.05, 3.63) is 29.6 Å². The molecule has 0 radical (unpaired) electrons. The van der Waals surface area contributed by atoms with Gasteiger partial charge in [-0.25, -0.2) is 4.39 Å². The standard InChI is InChI=1S/C11H14BrFOS/c1-2-15-7-6-14-11-9(8-12)4-3-5-10(11)13/h3-5H,2,6-8H2,1H3. The first-order valence-electron chi connectivity index (χ1n) is 4.83. The Morgan fingerprint density at radius 2 is 2.27 bits per heavy atom. The molecule has 84 valence electrons. The summed E-state index contributed by atoms with van der Waals surface area (Å²) in [5.41, 5.74) is 0.858. The highest BCUT2D eigenvalue weighted by Gasteiger charge is 2.08. The zero-order valence-electron chi connectivity index (χ0n) is 8.63. The van der Waals surface area contributed by atoms with E-state index in [9.17, 15) is 4.39 Å². The van der Waals surface area contributed by atoms with Gasteiger partial charge in [0.05, 0.1) is 6.61 Å². The lowest BCUT2D eigenvalue weighted by molar-refractivity contribution is 0.322. The van der Waals surface area contributed by atoms with Gasteiger partial charge in [-0.2, -0.15) is 11.8 Å². The maximum atomic E-state index is 13.4. The van der Waals surface area contributed by atoms with E-state index in [1.54, 1.807) is 17.8 Å². The van der Waals surface area contributed by atoms with Crippen molar-refractivity contribution in [2.24, 2.45) is 0 Å². The van der Waals surface area contributed by atoms with Gasteiger partial charge in [0.2, 0.25) is 0 Å². The molecule has 0 N–H and O–H groups in total. The van der Waals surface area contributed by atoms with Crippen molar-refractivity contribution in [1.29, 1.82) is 0 Å². The van der Waals surface area contributed by atoms with Crippen LogP contribution in [0, 0.1) is 5.82 Å². The molecule has 0 fully saturated rings. The van der Waals surface area contributed by atoms with Gasteiger partial charge in [-0.05, 0) is 11.8 Å². The third-order valence-electron chi connectivity index (χ3n) is 1.87. The van der Waals surface area contributed by atoms with Gasteiger partial charge in [0.15, 0.2) is 11.6 Å². The van der Waals surface area contributed by atoms with Crippen molar-refractivity contribution in [3.8, 4) is 5.75 Å². The summed E-state index contributed by atoms with van der Waals surface area (Å²) in [4.78, 5) is 0. The molecule has 0 bridgehead atoms. The molecule has 1 aromatic rings. The van der Waals surface area contributed by atoms with Crippen molar-refractivity contribution < 1.29 is 9.13 Å². The first kappa shape index (κ1) is 12.8. The molecule has 1 nitrogen and oxygen atoms in total. The maximum Gasteiger partial charge on any atom is 0.165 e. The minimum Gasteiger partial charge on any atom is -0.489 e. The summed E-state index contributed by atoms with van der Waals surface area (Å²) in [7, 11) is 0. The monoisotopic (exact) mass is 292 g/mol. The largest absolute Gasteiger partial charge is 0.489 e. The second kappa shape index (κ2) is 7.12. The fourth-order valence-corrected chi connectivity index (χ4v) is 2.10. The second-order valence-electron chi connectivity index (χ2n) is 2.91. The van der Waals surface area contributed by atoms with Gasteiger partial charge in [-0.15, -0.1) is 0 Å². The lowest BCUT2D eigenvalue weighted by Crippen LogP contribution is -2.04. The van der Waals surface area contributed by atoms with E-state index < -0.39 is 0 Å². The number of halogens is 2. The van der Waals surface area contributed by atoms with Crippen LogP contribution in [-0.4, -0.2) is 18.1 Å². The van der Waals surface area contributed by atoms with Crippen LogP contribution in [0.3, 0.4) is 0 Å². The van der Waals surface area contributed by atoms with E-state index in [0.717, 1.165) is 17.1 Å². The molecule has 4 heteroatoms. The lowest BCUT2D eigenvalue weighted by atomic mass is 10.2. The third-order valence-corrected chi connectivity index (χ3v) is 3.34. The van der Waals surface area contributed by atoms with Gasteiger partial charge in [0, 0.05) is 16.6 Å². The average Bonchev–Trinajstić information content (AvgIpc) is 2.26. The van der Waals surface area contributed by atoms with Gasteiger partial charge in [0.25, 0.3) is 0 Å². The summed E-state index contributed by atoms with van der Waals surface area (Å²) in [5, 5.41) is 0.612. The number of benzene rings is 1. The minimum absolute atomic E-state index is 0.284. The van der Waals surface area contributed by atoms with Gasteiger partial charge < -0.3 is 4.74 Å². The van der Waals surface area contributed by atoms with E-state index in [-0.39, 0.29) is 5.82 Å². The number of ether oxygens (including phenoxy) is 1. The number of thioether (sulfide) groups is 1. The predicted octanol–water partition coefficient (Wildman–Crippen LogP) is 3.85. The number of hydrogen-bond donors (Lipinski definition) is 0. The molecular weight excluding hydrogens is 279 g/mol. The molecule has 0 aliphatic carbocycles. The molecule has 0 spiro atoms. The Labute approximate surface area is 103 Å². The SMILES string of the molecule is CCSCCOc1c(F)cccc1CBr. The summed E-state index contributed by atoms with van der Waals surface area (Å²) in [6.07, 6.45) is 0. The Morgan fingerprint density at radius 3 is 2.93 bits per heavy atom. The molecule has 0 atom stereocenters. The summed E-state index contributed by atoms with van der Waals surface area (Å²) >= 11 is 5.10. The zero-order valence-corrected chi connectivity index (χ0v) is 11.0. The average molecular weight is 293 g/mol. The molecule has 1 aromatic carbocycles. The molecule has 0 saturated heterocycles. The van der Waals surface area contributed by atoms with Crippen molar-refractivity contribution in [2.75, 3.05) is 18.1 Å². The summed E-state index contributed by atoms with van der Waals surface area (Å²) in [6, 6.07) is 4.98. The van der Waals surface area contributed by atoms with E-state index in [1.807, 2.05) is 6.07 Å². The first-order chi connectivity index (χ1) is 7.29. The zero-order chi connectivity index (χ0) is 11.1. The minimum atomic E-state index is -0.284. The van der Waals surface area contributed by atoms with E-state index in [2.05, 4.69) is 22.9 Å². The van der Waals surface area contributed by atoms with E-state index in [4.69, 9.17) is 4.74 Å². The molecule has 0 unspecified atom stereocenters. The maximum absolute atomic E-state index is 13.4. The summed E-state index contributed by atoms with van der Waals surface area (Å²) < 4.78 is 18.8. The molecule has 0 aromatic heterocycles.